The molecule has 1 amide bonds. The normalized spacial score (nSPS) is 10.7. The fraction of sp³-hybridized carbons (Fsp3) is 0.286. The number of carbonyl (C=O) groups excluding carboxylic acids is 1. The van der Waals surface area contributed by atoms with Crippen LogP contribution in [0.25, 0.3) is 0 Å². The molecule has 1 aromatic heterocycles. The molecular formula is C21H24N4O2S2. The average Bonchev–Trinajstić information content (AvgIpc) is 3.14. The summed E-state index contributed by atoms with van der Waals surface area (Å²) in [7, 11) is 1.61. The van der Waals surface area contributed by atoms with Gasteiger partial charge >= 0.3 is 0 Å². The lowest BCUT2D eigenvalue weighted by Crippen LogP contribution is -2.14. The van der Waals surface area contributed by atoms with Crippen LogP contribution in [0.3, 0.4) is 0 Å². The van der Waals surface area contributed by atoms with Crippen LogP contribution < -0.4 is 10.1 Å². The van der Waals surface area contributed by atoms with Crippen LogP contribution in [-0.4, -0.2) is 33.5 Å². The second-order valence-corrected chi connectivity index (χ2v) is 8.30. The molecule has 3 rings (SSSR count). The van der Waals surface area contributed by atoms with E-state index in [1.54, 1.807) is 18.9 Å². The van der Waals surface area contributed by atoms with Crippen LogP contribution in [0.2, 0.25) is 0 Å². The Labute approximate surface area is 179 Å². The summed E-state index contributed by atoms with van der Waals surface area (Å²) in [6.45, 7) is 4.90. The molecule has 0 saturated carbocycles. The van der Waals surface area contributed by atoms with E-state index in [2.05, 4.69) is 58.2 Å². The quantitative estimate of drug-likeness (QED) is 0.501. The molecule has 1 heterocycles. The molecule has 6 nitrogen and oxygen atoms in total. The lowest BCUT2D eigenvalue weighted by atomic mass is 10.2. The van der Waals surface area contributed by atoms with Gasteiger partial charge in [-0.2, -0.15) is 0 Å². The van der Waals surface area contributed by atoms with Crippen LogP contribution in [0.1, 0.15) is 18.3 Å². The van der Waals surface area contributed by atoms with Crippen LogP contribution in [0, 0.1) is 6.92 Å². The van der Waals surface area contributed by atoms with Crippen molar-refractivity contribution in [1.29, 1.82) is 0 Å². The molecule has 0 saturated heterocycles. The van der Waals surface area contributed by atoms with Gasteiger partial charge in [0.2, 0.25) is 5.91 Å². The summed E-state index contributed by atoms with van der Waals surface area (Å²) >= 11 is 3.13. The average molecular weight is 429 g/mol. The van der Waals surface area contributed by atoms with Crippen molar-refractivity contribution in [3.05, 3.63) is 59.9 Å². The maximum absolute atomic E-state index is 12.3. The first-order chi connectivity index (χ1) is 14.1. The van der Waals surface area contributed by atoms with E-state index < -0.39 is 0 Å². The zero-order chi connectivity index (χ0) is 20.6. The number of aryl methyl sites for hydroxylation is 1. The topological polar surface area (TPSA) is 69.0 Å². The lowest BCUT2D eigenvalue weighted by molar-refractivity contribution is -0.113. The standard InChI is InChI=1S/C21H24N4O2S2/c1-4-25-19(13-28-18-11-5-15(2)6-12-18)23-24-21(25)29-14-20(26)22-16-7-9-17(27-3)10-8-16/h5-12H,4,13-14H2,1-3H3,(H,22,26). The molecule has 0 aliphatic rings. The second-order valence-electron chi connectivity index (χ2n) is 6.31. The zero-order valence-corrected chi connectivity index (χ0v) is 18.3. The van der Waals surface area contributed by atoms with E-state index in [1.807, 2.05) is 24.3 Å². The predicted molar refractivity (Wildman–Crippen MR) is 119 cm³/mol. The smallest absolute Gasteiger partial charge is 0.234 e. The molecule has 0 aliphatic carbocycles. The summed E-state index contributed by atoms with van der Waals surface area (Å²) in [6, 6.07) is 15.7. The molecule has 29 heavy (non-hydrogen) atoms. The SMILES string of the molecule is CCn1c(CSc2ccc(C)cc2)nnc1SCC(=O)Nc1ccc(OC)cc1. The Morgan fingerprint density at radius 2 is 1.79 bits per heavy atom. The highest BCUT2D eigenvalue weighted by molar-refractivity contribution is 7.99. The Morgan fingerprint density at radius 3 is 2.45 bits per heavy atom. The fourth-order valence-corrected chi connectivity index (χ4v) is 4.29. The van der Waals surface area contributed by atoms with Crippen LogP contribution in [0.5, 0.6) is 5.75 Å². The highest BCUT2D eigenvalue weighted by atomic mass is 32.2. The lowest BCUT2D eigenvalue weighted by Gasteiger charge is -2.08. The van der Waals surface area contributed by atoms with Crippen LogP contribution >= 0.6 is 23.5 Å². The van der Waals surface area contributed by atoms with E-state index in [1.165, 1.54) is 22.2 Å². The summed E-state index contributed by atoms with van der Waals surface area (Å²) in [5.41, 5.74) is 1.99. The van der Waals surface area contributed by atoms with Crippen molar-refractivity contribution in [2.24, 2.45) is 0 Å². The zero-order valence-electron chi connectivity index (χ0n) is 16.7. The van der Waals surface area contributed by atoms with E-state index in [0.717, 1.165) is 34.7 Å². The third-order valence-corrected chi connectivity index (χ3v) is 6.18. The van der Waals surface area contributed by atoms with Gasteiger partial charge in [0.05, 0.1) is 18.6 Å². The first kappa shape index (κ1) is 21.3. The number of carbonyl (C=O) groups is 1. The number of hydrogen-bond acceptors (Lipinski definition) is 6. The first-order valence-corrected chi connectivity index (χ1v) is 11.2. The number of ether oxygens (including phenoxy) is 1. The third-order valence-electron chi connectivity index (χ3n) is 4.20. The Balaban J connectivity index is 1.54. The van der Waals surface area contributed by atoms with E-state index in [9.17, 15) is 4.79 Å². The number of hydrogen-bond donors (Lipinski definition) is 1. The highest BCUT2D eigenvalue weighted by Crippen LogP contribution is 2.25. The number of thioether (sulfide) groups is 2. The van der Waals surface area contributed by atoms with Gasteiger partial charge in [0.1, 0.15) is 11.6 Å². The number of nitrogens with zero attached hydrogens (tertiary/aromatic N) is 3. The van der Waals surface area contributed by atoms with E-state index in [4.69, 9.17) is 4.74 Å². The van der Waals surface area contributed by atoms with Gasteiger partial charge in [-0.3, -0.25) is 4.79 Å². The van der Waals surface area contributed by atoms with Crippen LogP contribution in [-0.2, 0) is 17.1 Å². The summed E-state index contributed by atoms with van der Waals surface area (Å²) in [5.74, 6) is 2.60. The molecule has 2 aromatic carbocycles. The molecule has 0 bridgehead atoms. The first-order valence-electron chi connectivity index (χ1n) is 9.27. The van der Waals surface area contributed by atoms with Crippen molar-refractivity contribution in [3.8, 4) is 5.75 Å². The number of rotatable bonds is 9. The third kappa shape index (κ3) is 6.01. The number of methoxy groups -OCH3 is 1. The Bertz CT molecular complexity index is 940. The van der Waals surface area contributed by atoms with Gasteiger partial charge in [-0.15, -0.1) is 22.0 Å². The second kappa shape index (κ2) is 10.4. The number of amides is 1. The minimum atomic E-state index is -0.0820. The van der Waals surface area contributed by atoms with E-state index >= 15 is 0 Å². The number of aromatic nitrogens is 3. The van der Waals surface area contributed by atoms with Crippen molar-refractivity contribution in [1.82, 2.24) is 14.8 Å². The molecule has 152 valence electrons. The molecule has 3 aromatic rings. The summed E-state index contributed by atoms with van der Waals surface area (Å²) in [4.78, 5) is 13.5. The molecule has 0 aliphatic heterocycles. The van der Waals surface area contributed by atoms with Gasteiger partial charge in [-0.25, -0.2) is 0 Å². The number of anilines is 1. The summed E-state index contributed by atoms with van der Waals surface area (Å²) < 4.78 is 7.19. The van der Waals surface area contributed by atoms with Crippen molar-refractivity contribution in [3.63, 3.8) is 0 Å². The summed E-state index contributed by atoms with van der Waals surface area (Å²) in [6.07, 6.45) is 0. The van der Waals surface area contributed by atoms with Crippen LogP contribution in [0.4, 0.5) is 5.69 Å². The van der Waals surface area contributed by atoms with E-state index in [0.29, 0.717) is 0 Å². The summed E-state index contributed by atoms with van der Waals surface area (Å²) in [5, 5.41) is 12.3. The highest BCUT2D eigenvalue weighted by Gasteiger charge is 2.13. The predicted octanol–water partition coefficient (Wildman–Crippen LogP) is 4.64. The van der Waals surface area contributed by atoms with E-state index in [-0.39, 0.29) is 11.7 Å². The molecule has 0 fully saturated rings. The molecular weight excluding hydrogens is 404 g/mol. The van der Waals surface area contributed by atoms with Gasteiger partial charge in [0.15, 0.2) is 5.16 Å². The molecule has 1 N–H and O–H groups in total. The number of nitrogens with one attached hydrogen (secondary N) is 1. The molecule has 0 spiro atoms. The minimum Gasteiger partial charge on any atom is -0.497 e. The Morgan fingerprint density at radius 1 is 1.07 bits per heavy atom. The molecule has 8 heteroatoms. The maximum atomic E-state index is 12.3. The van der Waals surface area contributed by atoms with Gasteiger partial charge in [-0.05, 0) is 50.2 Å². The monoisotopic (exact) mass is 428 g/mol. The minimum absolute atomic E-state index is 0.0820. The van der Waals surface area contributed by atoms with Gasteiger partial charge in [0.25, 0.3) is 0 Å². The largest absolute Gasteiger partial charge is 0.497 e. The van der Waals surface area contributed by atoms with Gasteiger partial charge in [0, 0.05) is 17.1 Å². The van der Waals surface area contributed by atoms with Crippen molar-refractivity contribution in [2.45, 2.75) is 36.2 Å². The molecule has 0 radical (unpaired) electrons. The Kier molecular flexibility index (Phi) is 7.60. The van der Waals surface area contributed by atoms with Crippen molar-refractivity contribution in [2.75, 3.05) is 18.2 Å². The number of benzene rings is 2. The van der Waals surface area contributed by atoms with Crippen molar-refractivity contribution >= 4 is 35.1 Å². The molecule has 0 unspecified atom stereocenters. The fourth-order valence-electron chi connectivity index (χ4n) is 2.63. The molecule has 0 atom stereocenters. The Hall–Kier alpha value is -2.45. The van der Waals surface area contributed by atoms with Crippen LogP contribution in [0.15, 0.2) is 58.6 Å². The van der Waals surface area contributed by atoms with Crippen molar-refractivity contribution < 1.29 is 9.53 Å². The van der Waals surface area contributed by atoms with Gasteiger partial charge < -0.3 is 14.6 Å². The van der Waals surface area contributed by atoms with Gasteiger partial charge in [-0.1, -0.05) is 29.5 Å². The maximum Gasteiger partial charge on any atom is 0.234 e.